The van der Waals surface area contributed by atoms with Crippen molar-refractivity contribution in [3.63, 3.8) is 0 Å². The monoisotopic (exact) mass is 283 g/mol. The Morgan fingerprint density at radius 2 is 2.05 bits per heavy atom. The van der Waals surface area contributed by atoms with E-state index in [-0.39, 0.29) is 12.6 Å². The van der Waals surface area contributed by atoms with E-state index < -0.39 is 17.7 Å². The number of benzene rings is 1. The summed E-state index contributed by atoms with van der Waals surface area (Å²) in [4.78, 5) is 1.16. The lowest BCUT2D eigenvalue weighted by atomic mass is 10.1. The molecule has 0 spiro atoms. The van der Waals surface area contributed by atoms with Gasteiger partial charge in [-0.1, -0.05) is 12.1 Å². The first-order chi connectivity index (χ1) is 9.08. The lowest BCUT2D eigenvalue weighted by Gasteiger charge is -2.16. The van der Waals surface area contributed by atoms with Gasteiger partial charge < -0.3 is 10.4 Å². The molecular formula is C14H15F2NOS. The first kappa shape index (κ1) is 14.1. The molecule has 0 fully saturated rings. The lowest BCUT2D eigenvalue weighted by Crippen LogP contribution is -2.24. The van der Waals surface area contributed by atoms with Crippen LogP contribution in [0.3, 0.4) is 0 Å². The predicted octanol–water partition coefficient (Wildman–Crippen LogP) is 3.41. The fourth-order valence-electron chi connectivity index (χ4n) is 1.76. The van der Waals surface area contributed by atoms with E-state index in [1.807, 2.05) is 24.4 Å². The lowest BCUT2D eigenvalue weighted by molar-refractivity contribution is 0.170. The molecule has 0 radical (unpaired) electrons. The molecule has 0 aliphatic heterocycles. The fraction of sp³-hybridized carbons (Fsp3) is 0.286. The predicted molar refractivity (Wildman–Crippen MR) is 72.1 cm³/mol. The topological polar surface area (TPSA) is 32.3 Å². The smallest absolute Gasteiger partial charge is 0.159 e. The highest BCUT2D eigenvalue weighted by Crippen LogP contribution is 2.20. The van der Waals surface area contributed by atoms with Crippen molar-refractivity contribution in [2.24, 2.45) is 0 Å². The Balaban J connectivity index is 1.93. The zero-order chi connectivity index (χ0) is 13.8. The zero-order valence-electron chi connectivity index (χ0n) is 10.4. The highest BCUT2D eigenvalue weighted by molar-refractivity contribution is 7.10. The largest absolute Gasteiger partial charge is 0.387 e. The van der Waals surface area contributed by atoms with Gasteiger partial charge in [-0.05, 0) is 36.1 Å². The van der Waals surface area contributed by atoms with Crippen molar-refractivity contribution < 1.29 is 13.9 Å². The normalized spacial score (nSPS) is 14.3. The Hall–Kier alpha value is -1.30. The van der Waals surface area contributed by atoms with E-state index >= 15 is 0 Å². The number of thiophene rings is 1. The van der Waals surface area contributed by atoms with Crippen molar-refractivity contribution >= 4 is 11.3 Å². The number of hydrogen-bond acceptors (Lipinski definition) is 3. The second kappa shape index (κ2) is 6.23. The van der Waals surface area contributed by atoms with Crippen LogP contribution in [-0.4, -0.2) is 11.7 Å². The molecule has 19 heavy (non-hydrogen) atoms. The SMILES string of the molecule is C[C@H](NCC(O)c1ccc(F)c(F)c1)c1cccs1. The minimum atomic E-state index is -0.942. The van der Waals surface area contributed by atoms with Crippen LogP contribution in [0.1, 0.15) is 29.5 Å². The van der Waals surface area contributed by atoms with E-state index in [0.717, 1.165) is 17.0 Å². The van der Waals surface area contributed by atoms with E-state index in [4.69, 9.17) is 0 Å². The van der Waals surface area contributed by atoms with E-state index in [9.17, 15) is 13.9 Å². The van der Waals surface area contributed by atoms with Crippen LogP contribution in [0.2, 0.25) is 0 Å². The Morgan fingerprint density at radius 3 is 2.68 bits per heavy atom. The standard InChI is InChI=1S/C14H15F2NOS/c1-9(14-3-2-6-19-14)17-8-13(18)10-4-5-11(15)12(16)7-10/h2-7,9,13,17-18H,8H2,1H3/t9-,13?/m0/s1. The van der Waals surface area contributed by atoms with Gasteiger partial charge in [0, 0.05) is 17.5 Å². The molecule has 2 atom stereocenters. The number of rotatable bonds is 5. The van der Waals surface area contributed by atoms with Crippen molar-refractivity contribution in [2.45, 2.75) is 19.1 Å². The molecule has 0 aliphatic carbocycles. The quantitative estimate of drug-likeness (QED) is 0.881. The Morgan fingerprint density at radius 1 is 1.26 bits per heavy atom. The van der Waals surface area contributed by atoms with E-state index in [1.54, 1.807) is 11.3 Å². The van der Waals surface area contributed by atoms with Crippen molar-refractivity contribution in [1.82, 2.24) is 5.32 Å². The van der Waals surface area contributed by atoms with E-state index in [2.05, 4.69) is 5.32 Å². The second-order valence-corrected chi connectivity index (χ2v) is 5.31. The summed E-state index contributed by atoms with van der Waals surface area (Å²) in [5.74, 6) is -1.85. The highest BCUT2D eigenvalue weighted by atomic mass is 32.1. The molecule has 2 aromatic rings. The highest BCUT2D eigenvalue weighted by Gasteiger charge is 2.13. The average Bonchev–Trinajstić information content (AvgIpc) is 2.92. The summed E-state index contributed by atoms with van der Waals surface area (Å²) < 4.78 is 25.8. The summed E-state index contributed by atoms with van der Waals surface area (Å²) >= 11 is 1.63. The number of halogens is 2. The minimum Gasteiger partial charge on any atom is -0.387 e. The summed E-state index contributed by atoms with van der Waals surface area (Å²) in [5, 5.41) is 15.1. The molecule has 1 aromatic heterocycles. The molecule has 0 amide bonds. The van der Waals surface area contributed by atoms with Gasteiger partial charge in [0.1, 0.15) is 0 Å². The van der Waals surface area contributed by atoms with E-state index in [0.29, 0.717) is 5.56 Å². The van der Waals surface area contributed by atoms with Crippen LogP contribution in [0.5, 0.6) is 0 Å². The average molecular weight is 283 g/mol. The Bertz CT molecular complexity index is 530. The third-order valence-corrected chi connectivity index (χ3v) is 3.97. The first-order valence-electron chi connectivity index (χ1n) is 5.97. The maximum Gasteiger partial charge on any atom is 0.159 e. The Kier molecular flexibility index (Phi) is 4.63. The molecule has 0 saturated heterocycles. The molecule has 1 heterocycles. The molecule has 0 bridgehead atoms. The molecule has 0 aliphatic rings. The van der Waals surface area contributed by atoms with Crippen molar-refractivity contribution in [1.29, 1.82) is 0 Å². The van der Waals surface area contributed by atoms with Gasteiger partial charge >= 0.3 is 0 Å². The zero-order valence-corrected chi connectivity index (χ0v) is 11.3. The Labute approximate surface area is 114 Å². The van der Waals surface area contributed by atoms with Gasteiger partial charge in [0.15, 0.2) is 11.6 Å². The van der Waals surface area contributed by atoms with Gasteiger partial charge in [-0.25, -0.2) is 8.78 Å². The summed E-state index contributed by atoms with van der Waals surface area (Å²) in [7, 11) is 0. The van der Waals surface area contributed by atoms with E-state index in [1.165, 1.54) is 6.07 Å². The van der Waals surface area contributed by atoms with Gasteiger partial charge in [0.05, 0.1) is 6.10 Å². The number of aliphatic hydroxyl groups is 1. The van der Waals surface area contributed by atoms with Gasteiger partial charge in [-0.3, -0.25) is 0 Å². The van der Waals surface area contributed by atoms with Crippen LogP contribution < -0.4 is 5.32 Å². The molecule has 2 nitrogen and oxygen atoms in total. The molecule has 2 rings (SSSR count). The molecule has 2 N–H and O–H groups in total. The summed E-state index contributed by atoms with van der Waals surface area (Å²) in [6.45, 7) is 2.27. The maximum atomic E-state index is 13.1. The number of nitrogens with one attached hydrogen (secondary N) is 1. The van der Waals surface area contributed by atoms with Crippen LogP contribution in [0, 0.1) is 11.6 Å². The van der Waals surface area contributed by atoms with Gasteiger partial charge in [-0.2, -0.15) is 0 Å². The fourth-order valence-corrected chi connectivity index (χ4v) is 2.52. The summed E-state index contributed by atoms with van der Waals surface area (Å²) in [6.07, 6.45) is -0.863. The number of aliphatic hydroxyl groups excluding tert-OH is 1. The second-order valence-electron chi connectivity index (χ2n) is 4.33. The molecule has 5 heteroatoms. The molecule has 102 valence electrons. The van der Waals surface area contributed by atoms with Crippen LogP contribution in [0.4, 0.5) is 8.78 Å². The summed E-state index contributed by atoms with van der Waals surface area (Å²) in [5.41, 5.74) is 0.366. The van der Waals surface area contributed by atoms with Crippen LogP contribution >= 0.6 is 11.3 Å². The van der Waals surface area contributed by atoms with Crippen LogP contribution in [-0.2, 0) is 0 Å². The minimum absolute atomic E-state index is 0.111. The van der Waals surface area contributed by atoms with Gasteiger partial charge in [0.25, 0.3) is 0 Å². The molecule has 1 aromatic carbocycles. The maximum absolute atomic E-state index is 13.1. The van der Waals surface area contributed by atoms with Crippen molar-refractivity contribution in [2.75, 3.05) is 6.54 Å². The molecule has 1 unspecified atom stereocenters. The first-order valence-corrected chi connectivity index (χ1v) is 6.85. The summed E-state index contributed by atoms with van der Waals surface area (Å²) in [6, 6.07) is 7.52. The third kappa shape index (κ3) is 3.59. The van der Waals surface area contributed by atoms with Crippen molar-refractivity contribution in [3.8, 4) is 0 Å². The van der Waals surface area contributed by atoms with Crippen molar-refractivity contribution in [3.05, 3.63) is 57.8 Å². The van der Waals surface area contributed by atoms with Crippen LogP contribution in [0.15, 0.2) is 35.7 Å². The van der Waals surface area contributed by atoms with Gasteiger partial charge in [0.2, 0.25) is 0 Å². The number of hydrogen-bond donors (Lipinski definition) is 2. The molecule has 0 saturated carbocycles. The third-order valence-electron chi connectivity index (χ3n) is 2.92. The van der Waals surface area contributed by atoms with Gasteiger partial charge in [-0.15, -0.1) is 11.3 Å². The molecular weight excluding hydrogens is 268 g/mol. The van der Waals surface area contributed by atoms with Crippen LogP contribution in [0.25, 0.3) is 0 Å².